The number of β-amino-alcohol motifs (C(OH)–C–C–N with tert-alkyl or cyclic N) is 1. The van der Waals surface area contributed by atoms with Gasteiger partial charge in [0.15, 0.2) is 0 Å². The van der Waals surface area contributed by atoms with Crippen molar-refractivity contribution in [1.82, 2.24) is 15.3 Å². The Labute approximate surface area is 147 Å². The van der Waals surface area contributed by atoms with Crippen molar-refractivity contribution < 1.29 is 9.90 Å². The molecular weight excluding hydrogens is 316 g/mol. The van der Waals surface area contributed by atoms with E-state index in [1.54, 1.807) is 6.07 Å². The Kier molecular flexibility index (Phi) is 4.99. The van der Waals surface area contributed by atoms with Crippen LogP contribution >= 0.6 is 0 Å². The number of hydrogen-bond acceptors (Lipinski definition) is 5. The highest BCUT2D eigenvalue weighted by molar-refractivity contribution is 5.95. The smallest absolute Gasteiger partial charge is 0.251 e. The van der Waals surface area contributed by atoms with Gasteiger partial charge in [0.1, 0.15) is 12.1 Å². The molecule has 25 heavy (non-hydrogen) atoms. The summed E-state index contributed by atoms with van der Waals surface area (Å²) in [7, 11) is 0. The van der Waals surface area contributed by atoms with Gasteiger partial charge >= 0.3 is 0 Å². The van der Waals surface area contributed by atoms with Crippen LogP contribution in [0.5, 0.6) is 0 Å². The summed E-state index contributed by atoms with van der Waals surface area (Å²) in [6.07, 6.45) is 3.04. The topological polar surface area (TPSA) is 78.4 Å². The molecule has 1 aliphatic rings. The van der Waals surface area contributed by atoms with E-state index in [1.165, 1.54) is 6.33 Å². The SMILES string of the molecule is Cc1cc(N2CCCC(O)(CNC(=O)c3ccccc3C)C2)ncn1. The molecule has 0 bridgehead atoms. The first kappa shape index (κ1) is 17.4. The number of benzene rings is 1. The molecule has 1 atom stereocenters. The molecule has 0 spiro atoms. The second-order valence-electron chi connectivity index (χ2n) is 6.76. The fourth-order valence-electron chi connectivity index (χ4n) is 3.23. The number of nitrogens with one attached hydrogen (secondary N) is 1. The molecule has 2 N–H and O–H groups in total. The summed E-state index contributed by atoms with van der Waals surface area (Å²) in [6.45, 7) is 5.33. The molecule has 1 aromatic carbocycles. The van der Waals surface area contributed by atoms with E-state index in [2.05, 4.69) is 20.2 Å². The van der Waals surface area contributed by atoms with E-state index in [0.717, 1.165) is 30.0 Å². The molecule has 3 rings (SSSR count). The van der Waals surface area contributed by atoms with Crippen LogP contribution in [-0.2, 0) is 0 Å². The number of aliphatic hydroxyl groups is 1. The molecule has 2 aromatic rings. The van der Waals surface area contributed by atoms with Crippen molar-refractivity contribution in [2.45, 2.75) is 32.3 Å². The quantitative estimate of drug-likeness (QED) is 0.888. The van der Waals surface area contributed by atoms with E-state index < -0.39 is 5.60 Å². The zero-order chi connectivity index (χ0) is 17.9. The van der Waals surface area contributed by atoms with Crippen LogP contribution in [0.15, 0.2) is 36.7 Å². The largest absolute Gasteiger partial charge is 0.386 e. The third-order valence-corrected chi connectivity index (χ3v) is 4.64. The van der Waals surface area contributed by atoms with Gasteiger partial charge in [-0.05, 0) is 38.3 Å². The molecular formula is C19H24N4O2. The van der Waals surface area contributed by atoms with Crippen molar-refractivity contribution in [3.63, 3.8) is 0 Å². The molecule has 1 unspecified atom stereocenters. The summed E-state index contributed by atoms with van der Waals surface area (Å²) in [5, 5.41) is 13.8. The van der Waals surface area contributed by atoms with Gasteiger partial charge in [-0.25, -0.2) is 9.97 Å². The van der Waals surface area contributed by atoms with Crippen LogP contribution < -0.4 is 10.2 Å². The molecule has 1 aliphatic heterocycles. The molecule has 6 heteroatoms. The summed E-state index contributed by atoms with van der Waals surface area (Å²) in [5.74, 6) is 0.664. The Morgan fingerprint density at radius 2 is 2.12 bits per heavy atom. The van der Waals surface area contributed by atoms with E-state index >= 15 is 0 Å². The van der Waals surface area contributed by atoms with Crippen LogP contribution in [0.4, 0.5) is 5.82 Å². The predicted molar refractivity (Wildman–Crippen MR) is 96.7 cm³/mol. The van der Waals surface area contributed by atoms with Crippen LogP contribution in [0.25, 0.3) is 0 Å². The number of amides is 1. The van der Waals surface area contributed by atoms with Crippen molar-refractivity contribution >= 4 is 11.7 Å². The minimum Gasteiger partial charge on any atom is -0.386 e. The monoisotopic (exact) mass is 340 g/mol. The van der Waals surface area contributed by atoms with Crippen LogP contribution in [0.1, 0.15) is 34.5 Å². The van der Waals surface area contributed by atoms with Gasteiger partial charge in [-0.1, -0.05) is 18.2 Å². The standard InChI is InChI=1S/C19H24N4O2/c1-14-6-3-4-7-16(14)18(24)20-11-19(25)8-5-9-23(12-19)17-10-15(2)21-13-22-17/h3-4,6-7,10,13,25H,5,8-9,11-12H2,1-2H3,(H,20,24). The first-order valence-electron chi connectivity index (χ1n) is 8.57. The molecule has 0 radical (unpaired) electrons. The zero-order valence-corrected chi connectivity index (χ0v) is 14.7. The molecule has 1 aromatic heterocycles. The Bertz CT molecular complexity index is 765. The van der Waals surface area contributed by atoms with Gasteiger partial charge in [-0.15, -0.1) is 0 Å². The average molecular weight is 340 g/mol. The summed E-state index contributed by atoms with van der Waals surface area (Å²) in [6, 6.07) is 9.37. The number of rotatable bonds is 4. The van der Waals surface area contributed by atoms with Gasteiger partial charge < -0.3 is 15.3 Å². The minimum absolute atomic E-state index is 0.151. The Balaban J connectivity index is 1.65. The van der Waals surface area contributed by atoms with E-state index in [0.29, 0.717) is 18.5 Å². The highest BCUT2D eigenvalue weighted by atomic mass is 16.3. The van der Waals surface area contributed by atoms with E-state index in [9.17, 15) is 9.90 Å². The summed E-state index contributed by atoms with van der Waals surface area (Å²) in [4.78, 5) is 22.9. The first-order chi connectivity index (χ1) is 12.0. The van der Waals surface area contributed by atoms with Crippen molar-refractivity contribution in [3.8, 4) is 0 Å². The van der Waals surface area contributed by atoms with Crippen molar-refractivity contribution in [1.29, 1.82) is 0 Å². The number of anilines is 1. The van der Waals surface area contributed by atoms with E-state index in [4.69, 9.17) is 0 Å². The second-order valence-corrected chi connectivity index (χ2v) is 6.76. The number of aromatic nitrogens is 2. The summed E-state index contributed by atoms with van der Waals surface area (Å²) >= 11 is 0. The second kappa shape index (κ2) is 7.19. The van der Waals surface area contributed by atoms with E-state index in [1.807, 2.05) is 38.1 Å². The number of nitrogens with zero attached hydrogens (tertiary/aromatic N) is 3. The maximum Gasteiger partial charge on any atom is 0.251 e. The summed E-state index contributed by atoms with van der Waals surface area (Å²) in [5.41, 5.74) is 1.50. The predicted octanol–water partition coefficient (Wildman–Crippen LogP) is 1.85. The number of piperidine rings is 1. The molecule has 132 valence electrons. The molecule has 6 nitrogen and oxygen atoms in total. The third kappa shape index (κ3) is 4.14. The van der Waals surface area contributed by atoms with Crippen LogP contribution in [0.2, 0.25) is 0 Å². The lowest BCUT2D eigenvalue weighted by atomic mass is 9.92. The highest BCUT2D eigenvalue weighted by Crippen LogP contribution is 2.24. The van der Waals surface area contributed by atoms with Gasteiger partial charge in [0.25, 0.3) is 5.91 Å². The molecule has 1 fully saturated rings. The zero-order valence-electron chi connectivity index (χ0n) is 14.7. The van der Waals surface area contributed by atoms with Gasteiger partial charge in [0, 0.05) is 37.0 Å². The van der Waals surface area contributed by atoms with Gasteiger partial charge in [0.2, 0.25) is 0 Å². The fourth-order valence-corrected chi connectivity index (χ4v) is 3.23. The lowest BCUT2D eigenvalue weighted by Gasteiger charge is -2.39. The number of hydrogen-bond donors (Lipinski definition) is 2. The van der Waals surface area contributed by atoms with Gasteiger partial charge in [-0.2, -0.15) is 0 Å². The van der Waals surface area contributed by atoms with Crippen molar-refractivity contribution in [3.05, 3.63) is 53.5 Å². The lowest BCUT2D eigenvalue weighted by molar-refractivity contribution is 0.0254. The van der Waals surface area contributed by atoms with Crippen LogP contribution in [0.3, 0.4) is 0 Å². The summed E-state index contributed by atoms with van der Waals surface area (Å²) < 4.78 is 0. The molecule has 2 heterocycles. The van der Waals surface area contributed by atoms with Crippen LogP contribution in [-0.4, -0.2) is 46.2 Å². The number of carbonyl (C=O) groups excluding carboxylic acids is 1. The van der Waals surface area contributed by atoms with Gasteiger partial charge in [0.05, 0.1) is 5.60 Å². The molecule has 1 amide bonds. The van der Waals surface area contributed by atoms with Gasteiger partial charge in [-0.3, -0.25) is 4.79 Å². The molecule has 1 saturated heterocycles. The molecule has 0 aliphatic carbocycles. The Morgan fingerprint density at radius 1 is 1.32 bits per heavy atom. The van der Waals surface area contributed by atoms with Crippen molar-refractivity contribution in [2.24, 2.45) is 0 Å². The molecule has 0 saturated carbocycles. The minimum atomic E-state index is -0.963. The third-order valence-electron chi connectivity index (χ3n) is 4.64. The Hall–Kier alpha value is -2.47. The fraction of sp³-hybridized carbons (Fsp3) is 0.421. The Morgan fingerprint density at radius 3 is 2.88 bits per heavy atom. The highest BCUT2D eigenvalue weighted by Gasteiger charge is 2.34. The lowest BCUT2D eigenvalue weighted by Crippen LogP contribution is -2.54. The van der Waals surface area contributed by atoms with Crippen LogP contribution in [0, 0.1) is 13.8 Å². The first-order valence-corrected chi connectivity index (χ1v) is 8.57. The van der Waals surface area contributed by atoms with Crippen molar-refractivity contribution in [2.75, 3.05) is 24.5 Å². The maximum absolute atomic E-state index is 12.4. The normalized spacial score (nSPS) is 20.4. The average Bonchev–Trinajstić information content (AvgIpc) is 2.60. The van der Waals surface area contributed by atoms with E-state index in [-0.39, 0.29) is 12.5 Å². The number of aryl methyl sites for hydroxylation is 2. The maximum atomic E-state index is 12.4. The number of carbonyl (C=O) groups is 1.